The van der Waals surface area contributed by atoms with Crippen molar-refractivity contribution in [3.63, 3.8) is 0 Å². The number of fused-ring (bicyclic) bond motifs is 7. The molecule has 0 bridgehead atoms. The summed E-state index contributed by atoms with van der Waals surface area (Å²) < 4.78 is 0. The molecule has 31 heavy (non-hydrogen) atoms. The van der Waals surface area contributed by atoms with E-state index in [1.807, 2.05) is 12.1 Å². The van der Waals surface area contributed by atoms with Crippen molar-refractivity contribution in [2.45, 2.75) is 25.7 Å². The van der Waals surface area contributed by atoms with Crippen molar-refractivity contribution >= 4 is 5.69 Å². The average molecular weight is 404 g/mol. The quantitative estimate of drug-likeness (QED) is 0.296. The van der Waals surface area contributed by atoms with Crippen LogP contribution >= 0.6 is 0 Å². The van der Waals surface area contributed by atoms with E-state index in [1.54, 1.807) is 12.1 Å². The number of hydrogen-bond donors (Lipinski definition) is 0. The SMILES string of the molecule is O=[N+]([O-])c1ccc(-c2nc3c(c4c2-c2ccccc2CC4)-c2ccccc2CC3)cc1. The molecule has 0 radical (unpaired) electrons. The summed E-state index contributed by atoms with van der Waals surface area (Å²) in [5, 5.41) is 11.1. The van der Waals surface area contributed by atoms with Crippen LogP contribution in [0.2, 0.25) is 0 Å². The number of non-ortho nitro benzene ring substituents is 1. The number of hydrogen-bond acceptors (Lipinski definition) is 3. The minimum Gasteiger partial charge on any atom is -0.258 e. The summed E-state index contributed by atoms with van der Waals surface area (Å²) in [7, 11) is 0. The van der Waals surface area contributed by atoms with Crippen molar-refractivity contribution in [3.05, 3.63) is 105 Å². The Kier molecular flexibility index (Phi) is 4.00. The van der Waals surface area contributed by atoms with Crippen LogP contribution in [0.15, 0.2) is 72.8 Å². The standard InChI is InChI=1S/C27H20N2O2/c30-29(31)20-13-9-19(10-14-20)27-26-22-8-4-2-5-17(22)11-15-23(26)25-21-7-3-1-6-18(21)12-16-24(25)28-27/h1-10,13-14H,11-12,15-16H2. The van der Waals surface area contributed by atoms with Gasteiger partial charge >= 0.3 is 0 Å². The van der Waals surface area contributed by atoms with Crippen LogP contribution in [-0.2, 0) is 25.7 Å². The summed E-state index contributed by atoms with van der Waals surface area (Å²) in [4.78, 5) is 16.0. The van der Waals surface area contributed by atoms with E-state index in [4.69, 9.17) is 4.98 Å². The predicted molar refractivity (Wildman–Crippen MR) is 122 cm³/mol. The summed E-state index contributed by atoms with van der Waals surface area (Å²) in [6.07, 6.45) is 3.90. The molecule has 4 aromatic rings. The van der Waals surface area contributed by atoms with Crippen molar-refractivity contribution in [2.75, 3.05) is 0 Å². The molecule has 0 N–H and O–H groups in total. The van der Waals surface area contributed by atoms with Gasteiger partial charge in [0.05, 0.1) is 10.6 Å². The van der Waals surface area contributed by atoms with Crippen LogP contribution in [0, 0.1) is 10.1 Å². The average Bonchev–Trinajstić information content (AvgIpc) is 2.83. The van der Waals surface area contributed by atoms with E-state index in [0.717, 1.165) is 42.6 Å². The molecule has 0 fully saturated rings. The van der Waals surface area contributed by atoms with E-state index < -0.39 is 0 Å². The number of benzene rings is 3. The minimum atomic E-state index is -0.355. The van der Waals surface area contributed by atoms with Crippen molar-refractivity contribution in [1.82, 2.24) is 4.98 Å². The Balaban J connectivity index is 1.66. The summed E-state index contributed by atoms with van der Waals surface area (Å²) in [5.74, 6) is 0. The first-order valence-corrected chi connectivity index (χ1v) is 10.7. The highest BCUT2D eigenvalue weighted by Gasteiger charge is 2.29. The lowest BCUT2D eigenvalue weighted by molar-refractivity contribution is -0.384. The van der Waals surface area contributed by atoms with E-state index in [9.17, 15) is 10.1 Å². The van der Waals surface area contributed by atoms with Gasteiger partial charge in [0.1, 0.15) is 0 Å². The van der Waals surface area contributed by atoms with Crippen LogP contribution in [0.3, 0.4) is 0 Å². The molecular formula is C27H20N2O2. The Labute approximate surface area is 180 Å². The molecule has 4 nitrogen and oxygen atoms in total. The maximum absolute atomic E-state index is 11.1. The van der Waals surface area contributed by atoms with Gasteiger partial charge in [-0.1, -0.05) is 48.5 Å². The number of nitrogens with zero attached hydrogens (tertiary/aromatic N) is 2. The minimum absolute atomic E-state index is 0.102. The smallest absolute Gasteiger partial charge is 0.258 e. The lowest BCUT2D eigenvalue weighted by Gasteiger charge is -2.30. The van der Waals surface area contributed by atoms with Crippen LogP contribution < -0.4 is 0 Å². The molecule has 0 amide bonds. The molecule has 0 spiro atoms. The first-order chi connectivity index (χ1) is 15.2. The van der Waals surface area contributed by atoms with Crippen LogP contribution in [0.5, 0.6) is 0 Å². The number of nitro groups is 1. The molecule has 4 heteroatoms. The summed E-state index contributed by atoms with van der Waals surface area (Å²) >= 11 is 0. The van der Waals surface area contributed by atoms with Crippen LogP contribution in [0.25, 0.3) is 33.5 Å². The molecule has 1 heterocycles. The van der Waals surface area contributed by atoms with Gasteiger partial charge in [0.2, 0.25) is 0 Å². The molecule has 0 atom stereocenters. The fourth-order valence-electron chi connectivity index (χ4n) is 5.15. The fourth-order valence-corrected chi connectivity index (χ4v) is 5.15. The van der Waals surface area contributed by atoms with Gasteiger partial charge in [-0.05, 0) is 65.6 Å². The third kappa shape index (κ3) is 2.79. The highest BCUT2D eigenvalue weighted by atomic mass is 16.6. The van der Waals surface area contributed by atoms with Gasteiger partial charge < -0.3 is 0 Å². The number of aryl methyl sites for hydroxylation is 3. The zero-order valence-electron chi connectivity index (χ0n) is 17.0. The second-order valence-electron chi connectivity index (χ2n) is 8.25. The zero-order valence-corrected chi connectivity index (χ0v) is 17.0. The molecule has 0 saturated heterocycles. The number of nitro benzene ring substituents is 1. The molecule has 0 saturated carbocycles. The van der Waals surface area contributed by atoms with Gasteiger partial charge in [0.25, 0.3) is 5.69 Å². The summed E-state index contributed by atoms with van der Waals surface area (Å²) in [6.45, 7) is 0. The Morgan fingerprint density at radius 3 is 2.00 bits per heavy atom. The van der Waals surface area contributed by atoms with Gasteiger partial charge in [-0.15, -0.1) is 0 Å². The first kappa shape index (κ1) is 18.0. The fraction of sp³-hybridized carbons (Fsp3) is 0.148. The van der Waals surface area contributed by atoms with Gasteiger partial charge in [-0.2, -0.15) is 0 Å². The molecular weight excluding hydrogens is 384 g/mol. The van der Waals surface area contributed by atoms with E-state index >= 15 is 0 Å². The monoisotopic (exact) mass is 404 g/mol. The molecule has 0 unspecified atom stereocenters. The Morgan fingerprint density at radius 1 is 0.710 bits per heavy atom. The maximum Gasteiger partial charge on any atom is 0.269 e. The third-order valence-corrected chi connectivity index (χ3v) is 6.58. The lowest BCUT2D eigenvalue weighted by atomic mass is 9.76. The Morgan fingerprint density at radius 2 is 1.32 bits per heavy atom. The topological polar surface area (TPSA) is 56.0 Å². The second-order valence-corrected chi connectivity index (χ2v) is 8.25. The Hall–Kier alpha value is -3.79. The largest absolute Gasteiger partial charge is 0.269 e. The molecule has 2 aliphatic carbocycles. The summed E-state index contributed by atoms with van der Waals surface area (Å²) in [6, 6.07) is 24.1. The van der Waals surface area contributed by atoms with Crippen molar-refractivity contribution < 1.29 is 4.92 Å². The van der Waals surface area contributed by atoms with Gasteiger partial charge in [0, 0.05) is 34.5 Å². The van der Waals surface area contributed by atoms with Crippen molar-refractivity contribution in [2.24, 2.45) is 0 Å². The zero-order chi connectivity index (χ0) is 20.9. The number of rotatable bonds is 2. The molecule has 1 aromatic heterocycles. The predicted octanol–water partition coefficient (Wildman–Crippen LogP) is 6.19. The van der Waals surface area contributed by atoms with Crippen LogP contribution in [0.4, 0.5) is 5.69 Å². The first-order valence-electron chi connectivity index (χ1n) is 10.7. The molecule has 0 aliphatic heterocycles. The van der Waals surface area contributed by atoms with Crippen LogP contribution in [-0.4, -0.2) is 9.91 Å². The van der Waals surface area contributed by atoms with Gasteiger partial charge in [-0.25, -0.2) is 0 Å². The van der Waals surface area contributed by atoms with E-state index in [0.29, 0.717) is 0 Å². The summed E-state index contributed by atoms with van der Waals surface area (Å²) in [5.41, 5.74) is 12.2. The Bertz CT molecular complexity index is 1360. The molecule has 150 valence electrons. The lowest BCUT2D eigenvalue weighted by Crippen LogP contribution is -2.15. The normalized spacial score (nSPS) is 13.5. The van der Waals surface area contributed by atoms with E-state index in [2.05, 4.69) is 48.5 Å². The van der Waals surface area contributed by atoms with E-state index in [1.165, 1.54) is 38.9 Å². The third-order valence-electron chi connectivity index (χ3n) is 6.58. The van der Waals surface area contributed by atoms with Crippen LogP contribution in [0.1, 0.15) is 22.4 Å². The highest BCUT2D eigenvalue weighted by molar-refractivity contribution is 5.92. The van der Waals surface area contributed by atoms with Crippen molar-refractivity contribution in [3.8, 4) is 33.5 Å². The number of aromatic nitrogens is 1. The van der Waals surface area contributed by atoms with Gasteiger partial charge in [0.15, 0.2) is 0 Å². The molecule has 2 aliphatic rings. The van der Waals surface area contributed by atoms with Gasteiger partial charge in [-0.3, -0.25) is 15.1 Å². The molecule has 3 aromatic carbocycles. The van der Waals surface area contributed by atoms with E-state index in [-0.39, 0.29) is 10.6 Å². The highest BCUT2D eigenvalue weighted by Crippen LogP contribution is 2.47. The molecule has 6 rings (SSSR count). The van der Waals surface area contributed by atoms with Crippen molar-refractivity contribution in [1.29, 1.82) is 0 Å². The second kappa shape index (κ2) is 6.88. The number of pyridine rings is 1. The maximum atomic E-state index is 11.1.